The summed E-state index contributed by atoms with van der Waals surface area (Å²) in [5, 5.41) is 31.9. The van der Waals surface area contributed by atoms with Crippen LogP contribution in [0.5, 0.6) is 0 Å². The Morgan fingerprint density at radius 2 is 1.50 bits per heavy atom. The molecule has 17 heteroatoms. The number of rotatable bonds is 14. The van der Waals surface area contributed by atoms with Gasteiger partial charge in [0.2, 0.25) is 11.9 Å². The Morgan fingerprint density at radius 1 is 0.881 bits per heavy atom. The second-order valence-electron chi connectivity index (χ2n) is 9.20. The minimum Gasteiger partial charge on any atom is -0.481 e. The van der Waals surface area contributed by atoms with Crippen LogP contribution in [-0.2, 0) is 25.7 Å². The van der Waals surface area contributed by atoms with Gasteiger partial charge in [0.05, 0.1) is 18.4 Å². The molecule has 0 saturated carbocycles. The van der Waals surface area contributed by atoms with Crippen LogP contribution < -0.4 is 27.0 Å². The van der Waals surface area contributed by atoms with Gasteiger partial charge in [-0.2, -0.15) is 9.97 Å². The highest BCUT2D eigenvalue weighted by molar-refractivity contribution is 5.97. The van der Waals surface area contributed by atoms with Gasteiger partial charge in [0.25, 0.3) is 5.91 Å². The Bertz CT molecular complexity index is 1500. The number of hydrogen-bond acceptors (Lipinski definition) is 12. The number of aliphatic carboxylic acids is 3. The summed E-state index contributed by atoms with van der Waals surface area (Å²) in [6, 6.07) is 3.40. The zero-order valence-electron chi connectivity index (χ0n) is 22.4. The average molecular weight is 584 g/mol. The van der Waals surface area contributed by atoms with E-state index >= 15 is 0 Å². The summed E-state index contributed by atoms with van der Waals surface area (Å²) in [6.07, 6.45) is -0.0293. The maximum Gasteiger partial charge on any atom is 0.326 e. The summed E-state index contributed by atoms with van der Waals surface area (Å²) in [5.74, 6) is -5.44. The molecule has 0 fully saturated rings. The number of carboxylic acids is 3. The van der Waals surface area contributed by atoms with Crippen LogP contribution in [0.3, 0.4) is 0 Å². The molecule has 0 aliphatic carbocycles. The quantitative estimate of drug-likeness (QED) is 0.127. The maximum atomic E-state index is 12.7. The van der Waals surface area contributed by atoms with Gasteiger partial charge in [-0.05, 0) is 37.1 Å². The first kappa shape index (κ1) is 30.9. The van der Waals surface area contributed by atoms with Crippen molar-refractivity contribution >= 4 is 58.3 Å². The molecular weight excluding hydrogens is 554 g/mol. The van der Waals surface area contributed by atoms with Crippen LogP contribution in [0.25, 0.3) is 11.2 Å². The molecule has 0 aliphatic rings. The van der Waals surface area contributed by atoms with Gasteiger partial charge in [-0.1, -0.05) is 0 Å². The lowest BCUT2D eigenvalue weighted by molar-refractivity contribution is -0.143. The van der Waals surface area contributed by atoms with Crippen LogP contribution in [0, 0.1) is 0 Å². The number of aromatic nitrogens is 4. The Kier molecular flexibility index (Phi) is 10.0. The topological polar surface area (TPSA) is 277 Å². The molecule has 0 radical (unpaired) electrons. The number of nitrogens with two attached hydrogens (primary N) is 2. The molecule has 42 heavy (non-hydrogen) atoms. The number of benzene rings is 1. The van der Waals surface area contributed by atoms with Crippen molar-refractivity contribution in [1.29, 1.82) is 0 Å². The van der Waals surface area contributed by atoms with Crippen LogP contribution in [0.4, 0.5) is 17.5 Å². The third kappa shape index (κ3) is 8.44. The van der Waals surface area contributed by atoms with Crippen molar-refractivity contribution in [2.24, 2.45) is 0 Å². The first-order chi connectivity index (χ1) is 19.8. The standard InChI is InChI=1S/C25H29N9O8/c1-34(11-13-10-28-21-19(29-13)20(26)32-25(27)33-21)14-4-2-12(3-5-14)22(38)31-16(24(41)42)6-8-17(35)30-15(23(39)40)7-9-18(36)37/h2-5,10,15-16H,6-9,11H2,1H3,(H,30,35)(H,31,38)(H,36,37)(H,39,40)(H,41,42)(H4,26,27,28,32,33)/t15-,16+/m0/s1. The highest BCUT2D eigenvalue weighted by Crippen LogP contribution is 2.19. The Balaban J connectivity index is 1.57. The molecule has 2 heterocycles. The van der Waals surface area contributed by atoms with Crippen LogP contribution in [0.1, 0.15) is 41.7 Å². The van der Waals surface area contributed by atoms with Gasteiger partial charge in [0.1, 0.15) is 12.1 Å². The minimum atomic E-state index is -1.44. The molecule has 2 aromatic heterocycles. The van der Waals surface area contributed by atoms with Gasteiger partial charge in [-0.3, -0.25) is 14.4 Å². The van der Waals surface area contributed by atoms with E-state index in [9.17, 15) is 29.1 Å². The van der Waals surface area contributed by atoms with Gasteiger partial charge in [-0.15, -0.1) is 0 Å². The lowest BCUT2D eigenvalue weighted by Gasteiger charge is -2.20. The molecule has 3 rings (SSSR count). The number of fused-ring (bicyclic) bond motifs is 1. The van der Waals surface area contributed by atoms with Crippen LogP contribution in [-0.4, -0.2) is 84.1 Å². The largest absolute Gasteiger partial charge is 0.481 e. The van der Waals surface area contributed by atoms with E-state index in [1.165, 1.54) is 18.3 Å². The molecular formula is C25H29N9O8. The number of hydrogen-bond donors (Lipinski definition) is 7. The molecule has 0 bridgehead atoms. The van der Waals surface area contributed by atoms with Crippen molar-refractivity contribution in [3.05, 3.63) is 41.7 Å². The monoisotopic (exact) mass is 583 g/mol. The second-order valence-corrected chi connectivity index (χ2v) is 9.20. The molecule has 0 saturated heterocycles. The molecule has 222 valence electrons. The fourth-order valence-electron chi connectivity index (χ4n) is 3.83. The summed E-state index contributed by atoms with van der Waals surface area (Å²) in [6.45, 7) is 0.320. The van der Waals surface area contributed by atoms with Crippen LogP contribution in [0.2, 0.25) is 0 Å². The van der Waals surface area contributed by atoms with Gasteiger partial charge in [0, 0.05) is 31.1 Å². The van der Waals surface area contributed by atoms with Crippen molar-refractivity contribution < 1.29 is 39.3 Å². The van der Waals surface area contributed by atoms with E-state index in [0.29, 0.717) is 23.4 Å². The average Bonchev–Trinajstić information content (AvgIpc) is 2.93. The normalized spacial score (nSPS) is 12.2. The van der Waals surface area contributed by atoms with Crippen LogP contribution >= 0.6 is 0 Å². The lowest BCUT2D eigenvalue weighted by atomic mass is 10.1. The SMILES string of the molecule is CN(Cc1cnc2nc(N)nc(N)c2n1)c1ccc(C(=O)N[C@H](CCC(=O)N[C@@H](CCC(=O)O)C(=O)O)C(=O)O)cc1. The molecule has 9 N–H and O–H groups in total. The van der Waals surface area contributed by atoms with Crippen molar-refractivity contribution in [2.75, 3.05) is 23.4 Å². The second kappa shape index (κ2) is 13.6. The van der Waals surface area contributed by atoms with Crippen LogP contribution in [0.15, 0.2) is 30.5 Å². The van der Waals surface area contributed by atoms with Crippen molar-refractivity contribution in [3.8, 4) is 0 Å². The lowest BCUT2D eigenvalue weighted by Crippen LogP contribution is -2.44. The first-order valence-corrected chi connectivity index (χ1v) is 12.5. The maximum absolute atomic E-state index is 12.7. The van der Waals surface area contributed by atoms with Crippen molar-refractivity contribution in [1.82, 2.24) is 30.6 Å². The number of amides is 2. The molecule has 2 amide bonds. The van der Waals surface area contributed by atoms with E-state index in [4.69, 9.17) is 21.7 Å². The molecule has 3 aromatic rings. The number of carbonyl (C=O) groups excluding carboxylic acids is 2. The van der Waals surface area contributed by atoms with Crippen molar-refractivity contribution in [3.63, 3.8) is 0 Å². The third-order valence-corrected chi connectivity index (χ3v) is 6.01. The van der Waals surface area contributed by atoms with E-state index in [0.717, 1.165) is 0 Å². The van der Waals surface area contributed by atoms with Gasteiger partial charge in [-0.25, -0.2) is 19.6 Å². The highest BCUT2D eigenvalue weighted by Gasteiger charge is 2.25. The van der Waals surface area contributed by atoms with E-state index < -0.39 is 54.6 Å². The molecule has 2 atom stereocenters. The Morgan fingerprint density at radius 3 is 2.12 bits per heavy atom. The van der Waals surface area contributed by atoms with Gasteiger partial charge in [0.15, 0.2) is 17.0 Å². The summed E-state index contributed by atoms with van der Waals surface area (Å²) in [4.78, 5) is 76.8. The number of carbonyl (C=O) groups is 5. The molecule has 0 spiro atoms. The summed E-state index contributed by atoms with van der Waals surface area (Å²) in [5.41, 5.74) is 13.5. The molecule has 0 aliphatic heterocycles. The van der Waals surface area contributed by atoms with Gasteiger partial charge < -0.3 is 42.3 Å². The number of carboxylic acid groups (broad SMARTS) is 3. The third-order valence-electron chi connectivity index (χ3n) is 6.01. The number of nitrogen functional groups attached to an aromatic ring is 2. The highest BCUT2D eigenvalue weighted by atomic mass is 16.4. The minimum absolute atomic E-state index is 0.0117. The molecule has 17 nitrogen and oxygen atoms in total. The predicted molar refractivity (Wildman–Crippen MR) is 147 cm³/mol. The molecule has 1 aromatic carbocycles. The summed E-state index contributed by atoms with van der Waals surface area (Å²) < 4.78 is 0. The van der Waals surface area contributed by atoms with E-state index in [1.807, 2.05) is 4.90 Å². The zero-order valence-corrected chi connectivity index (χ0v) is 22.4. The van der Waals surface area contributed by atoms with E-state index in [-0.39, 0.29) is 35.8 Å². The number of anilines is 3. The Hall–Kier alpha value is -5.61. The van der Waals surface area contributed by atoms with E-state index in [1.54, 1.807) is 19.2 Å². The molecule has 0 unspecified atom stereocenters. The van der Waals surface area contributed by atoms with E-state index in [2.05, 4.69) is 30.6 Å². The predicted octanol–water partition coefficient (Wildman–Crippen LogP) is -0.382. The summed E-state index contributed by atoms with van der Waals surface area (Å²) >= 11 is 0. The van der Waals surface area contributed by atoms with Crippen molar-refractivity contribution in [2.45, 2.75) is 44.3 Å². The fourth-order valence-corrected chi connectivity index (χ4v) is 3.83. The number of nitrogens with one attached hydrogen (secondary N) is 2. The smallest absolute Gasteiger partial charge is 0.326 e. The summed E-state index contributed by atoms with van der Waals surface area (Å²) in [7, 11) is 1.78. The Labute approximate surface area is 238 Å². The first-order valence-electron chi connectivity index (χ1n) is 12.5. The van der Waals surface area contributed by atoms with Gasteiger partial charge >= 0.3 is 17.9 Å². The number of nitrogens with zero attached hydrogens (tertiary/aromatic N) is 5. The zero-order chi connectivity index (χ0) is 31.0. The fraction of sp³-hybridized carbons (Fsp3) is 0.320.